The maximum absolute atomic E-state index is 13.2. The Bertz CT molecular complexity index is 833. The van der Waals surface area contributed by atoms with Gasteiger partial charge >= 0.3 is 0 Å². The van der Waals surface area contributed by atoms with Gasteiger partial charge in [-0.3, -0.25) is 4.79 Å². The molecular weight excluding hydrogens is 400 g/mol. The maximum atomic E-state index is 13.2. The van der Waals surface area contributed by atoms with Crippen molar-refractivity contribution in [2.24, 2.45) is 5.92 Å². The Morgan fingerprint density at radius 1 is 1.13 bits per heavy atom. The molecule has 1 amide bonds. The summed E-state index contributed by atoms with van der Waals surface area (Å²) < 4.78 is 28.6. The molecule has 1 fully saturated rings. The lowest BCUT2D eigenvalue weighted by Crippen LogP contribution is -2.40. The number of sulfonamides is 1. The number of carbonyl (C=O) groups is 1. The second-order valence-electron chi connectivity index (χ2n) is 9.44. The van der Waals surface area contributed by atoms with E-state index in [0.29, 0.717) is 30.3 Å². The molecule has 1 heterocycles. The van der Waals surface area contributed by atoms with Gasteiger partial charge in [0.25, 0.3) is 5.91 Å². The normalized spacial score (nSPS) is 17.5. The first-order valence-corrected chi connectivity index (χ1v) is 12.3. The van der Waals surface area contributed by atoms with Crippen molar-refractivity contribution in [2.45, 2.75) is 57.9 Å². The lowest BCUT2D eigenvalue weighted by Gasteiger charge is -2.23. The molecule has 170 valence electrons. The van der Waals surface area contributed by atoms with Gasteiger partial charge in [0.15, 0.2) is 0 Å². The Morgan fingerprint density at radius 3 is 2.47 bits per heavy atom. The SMILES string of the molecule is CC[C@@H](C)CNc1cc(C(=O)N2CCCN(C)CC2)cc(S(=O)(=O)NC(C)(C)C)c1. The van der Waals surface area contributed by atoms with Crippen LogP contribution < -0.4 is 10.0 Å². The summed E-state index contributed by atoms with van der Waals surface area (Å²) in [4.78, 5) is 17.4. The van der Waals surface area contributed by atoms with E-state index in [1.165, 1.54) is 6.07 Å². The van der Waals surface area contributed by atoms with Crippen molar-refractivity contribution in [3.63, 3.8) is 0 Å². The lowest BCUT2D eigenvalue weighted by atomic mass is 10.1. The molecule has 30 heavy (non-hydrogen) atoms. The van der Waals surface area contributed by atoms with Crippen molar-refractivity contribution in [3.8, 4) is 0 Å². The zero-order valence-electron chi connectivity index (χ0n) is 19.3. The molecule has 0 radical (unpaired) electrons. The number of benzene rings is 1. The highest BCUT2D eigenvalue weighted by molar-refractivity contribution is 7.89. The van der Waals surface area contributed by atoms with E-state index in [1.54, 1.807) is 32.9 Å². The molecule has 0 saturated carbocycles. The van der Waals surface area contributed by atoms with Crippen LogP contribution in [0.3, 0.4) is 0 Å². The van der Waals surface area contributed by atoms with Crippen LogP contribution in [0.2, 0.25) is 0 Å². The number of hydrogen-bond acceptors (Lipinski definition) is 5. The number of hydrogen-bond donors (Lipinski definition) is 2. The van der Waals surface area contributed by atoms with Gasteiger partial charge < -0.3 is 15.1 Å². The molecule has 1 aromatic carbocycles. The summed E-state index contributed by atoms with van der Waals surface area (Å²) >= 11 is 0. The predicted octanol–water partition coefficient (Wildman–Crippen LogP) is 3.00. The fourth-order valence-corrected chi connectivity index (χ4v) is 4.80. The average molecular weight is 439 g/mol. The van der Waals surface area contributed by atoms with E-state index < -0.39 is 15.6 Å². The smallest absolute Gasteiger partial charge is 0.254 e. The maximum Gasteiger partial charge on any atom is 0.254 e. The van der Waals surface area contributed by atoms with Gasteiger partial charge in [-0.1, -0.05) is 20.3 Å². The zero-order valence-corrected chi connectivity index (χ0v) is 20.1. The summed E-state index contributed by atoms with van der Waals surface area (Å²) in [6.45, 7) is 13.5. The van der Waals surface area contributed by atoms with Gasteiger partial charge in [-0.15, -0.1) is 0 Å². The highest BCUT2D eigenvalue weighted by Crippen LogP contribution is 2.23. The first-order valence-electron chi connectivity index (χ1n) is 10.8. The Labute approximate surface area is 182 Å². The van der Waals surface area contributed by atoms with E-state index in [0.717, 1.165) is 32.5 Å². The Morgan fingerprint density at radius 2 is 1.83 bits per heavy atom. The van der Waals surface area contributed by atoms with Gasteiger partial charge in [-0.05, 0) is 64.9 Å². The Hall–Kier alpha value is -1.64. The van der Waals surface area contributed by atoms with Gasteiger partial charge in [0.05, 0.1) is 4.90 Å². The van der Waals surface area contributed by atoms with Crippen LogP contribution in [0, 0.1) is 5.92 Å². The highest BCUT2D eigenvalue weighted by atomic mass is 32.2. The van der Waals surface area contributed by atoms with Gasteiger partial charge in [0.2, 0.25) is 10.0 Å². The van der Waals surface area contributed by atoms with Crippen molar-refractivity contribution in [1.82, 2.24) is 14.5 Å². The molecule has 0 aromatic heterocycles. The standard InChI is InChI=1S/C22H38N4O3S/c1-7-17(2)16-23-19-13-18(21(27)26-10-8-9-25(6)11-12-26)14-20(15-19)30(28,29)24-22(3,4)5/h13-15,17,23-24H,7-12,16H2,1-6H3/t17-/m1/s1. The third-order valence-electron chi connectivity index (χ3n) is 5.26. The van der Waals surface area contributed by atoms with E-state index in [9.17, 15) is 13.2 Å². The van der Waals surface area contributed by atoms with Gasteiger partial charge in [-0.25, -0.2) is 13.1 Å². The van der Waals surface area contributed by atoms with Crippen molar-refractivity contribution in [1.29, 1.82) is 0 Å². The van der Waals surface area contributed by atoms with Crippen molar-refractivity contribution in [2.75, 3.05) is 45.1 Å². The zero-order chi connectivity index (χ0) is 22.5. The summed E-state index contributed by atoms with van der Waals surface area (Å²) in [5, 5.41) is 3.32. The molecule has 0 aliphatic carbocycles. The highest BCUT2D eigenvalue weighted by Gasteiger charge is 2.25. The monoisotopic (exact) mass is 438 g/mol. The second-order valence-corrected chi connectivity index (χ2v) is 11.1. The van der Waals surface area contributed by atoms with Crippen LogP contribution >= 0.6 is 0 Å². The van der Waals surface area contributed by atoms with E-state index in [2.05, 4.69) is 35.8 Å². The molecule has 1 atom stereocenters. The van der Waals surface area contributed by atoms with E-state index in [-0.39, 0.29) is 10.8 Å². The number of rotatable bonds is 7. The van der Waals surface area contributed by atoms with Crippen molar-refractivity contribution in [3.05, 3.63) is 23.8 Å². The molecule has 2 N–H and O–H groups in total. The quantitative estimate of drug-likeness (QED) is 0.684. The number of likely N-dealkylation sites (N-methyl/N-ethyl adjacent to an activating group) is 1. The van der Waals surface area contributed by atoms with Crippen LogP contribution in [0.4, 0.5) is 5.69 Å². The fraction of sp³-hybridized carbons (Fsp3) is 0.682. The third-order valence-corrected chi connectivity index (χ3v) is 7.00. The third kappa shape index (κ3) is 7.25. The van der Waals surface area contributed by atoms with Crippen LogP contribution in [0.5, 0.6) is 0 Å². The van der Waals surface area contributed by atoms with Gasteiger partial charge in [-0.2, -0.15) is 0 Å². The number of nitrogens with zero attached hydrogens (tertiary/aromatic N) is 2. The summed E-state index contributed by atoms with van der Waals surface area (Å²) in [7, 11) is -1.70. The predicted molar refractivity (Wildman–Crippen MR) is 122 cm³/mol. The minimum absolute atomic E-state index is 0.113. The van der Waals surface area contributed by atoms with E-state index in [1.807, 2.05) is 4.90 Å². The van der Waals surface area contributed by atoms with Crippen LogP contribution in [0.25, 0.3) is 0 Å². The average Bonchev–Trinajstić information content (AvgIpc) is 2.87. The van der Waals surface area contributed by atoms with Gasteiger partial charge in [0, 0.05) is 43.0 Å². The lowest BCUT2D eigenvalue weighted by molar-refractivity contribution is 0.0762. The molecule has 0 unspecified atom stereocenters. The summed E-state index contributed by atoms with van der Waals surface area (Å²) in [6, 6.07) is 4.89. The first kappa shape index (κ1) is 24.6. The minimum Gasteiger partial charge on any atom is -0.385 e. The summed E-state index contributed by atoms with van der Waals surface area (Å²) in [6.07, 6.45) is 1.93. The van der Waals surface area contributed by atoms with Crippen LogP contribution in [0.15, 0.2) is 23.1 Å². The molecule has 1 aliphatic heterocycles. The molecule has 0 bridgehead atoms. The van der Waals surface area contributed by atoms with Crippen molar-refractivity contribution >= 4 is 21.6 Å². The number of carbonyl (C=O) groups excluding carboxylic acids is 1. The van der Waals surface area contributed by atoms with Crippen LogP contribution in [-0.4, -0.2) is 69.4 Å². The number of amides is 1. The molecule has 2 rings (SSSR count). The molecular formula is C22H38N4O3S. The number of anilines is 1. The molecule has 8 heteroatoms. The number of nitrogens with one attached hydrogen (secondary N) is 2. The first-order chi connectivity index (χ1) is 13.9. The molecule has 1 aromatic rings. The van der Waals surface area contributed by atoms with Crippen molar-refractivity contribution < 1.29 is 13.2 Å². The topological polar surface area (TPSA) is 81.8 Å². The summed E-state index contributed by atoms with van der Waals surface area (Å²) in [5.41, 5.74) is 0.448. The fourth-order valence-electron chi connectivity index (χ4n) is 3.31. The Kier molecular flexibility index (Phi) is 8.30. The van der Waals surface area contributed by atoms with E-state index in [4.69, 9.17) is 0 Å². The molecule has 1 saturated heterocycles. The van der Waals surface area contributed by atoms with Crippen LogP contribution in [0.1, 0.15) is 57.8 Å². The molecule has 0 spiro atoms. The molecule has 7 nitrogen and oxygen atoms in total. The van der Waals surface area contributed by atoms with E-state index >= 15 is 0 Å². The second kappa shape index (κ2) is 10.1. The van der Waals surface area contributed by atoms with Gasteiger partial charge in [0.1, 0.15) is 0 Å². The molecule has 1 aliphatic rings. The largest absolute Gasteiger partial charge is 0.385 e. The minimum atomic E-state index is -3.76. The van der Waals surface area contributed by atoms with Crippen LogP contribution in [-0.2, 0) is 10.0 Å². The Balaban J connectivity index is 2.39. The summed E-state index contributed by atoms with van der Waals surface area (Å²) in [5.74, 6) is 0.322.